The molecule has 1 aromatic heterocycles. The van der Waals surface area contributed by atoms with Gasteiger partial charge in [0.15, 0.2) is 6.23 Å². The number of likely N-dealkylation sites (tertiary alicyclic amines) is 1. The van der Waals surface area contributed by atoms with Gasteiger partial charge in [0.2, 0.25) is 0 Å². The molecule has 1 unspecified atom stereocenters. The van der Waals surface area contributed by atoms with E-state index in [1.54, 1.807) is 0 Å². The van der Waals surface area contributed by atoms with E-state index in [0.717, 1.165) is 30.5 Å². The predicted molar refractivity (Wildman–Crippen MR) is 78.8 cm³/mol. The Balaban J connectivity index is 1.90. The van der Waals surface area contributed by atoms with Crippen molar-refractivity contribution in [3.8, 4) is 0 Å². The van der Waals surface area contributed by atoms with Gasteiger partial charge >= 0.3 is 5.69 Å². The standard InChI is InChI=1S/C14H21N3O6/c18-7-9-10(19)11(20)13(23-9)17-6-8(12(21)15-14(17)22)5-16-3-1-2-4-16/h6,9-11,13,18-20H,1-5,7H2,(H,15,21,22)/t9-,10+,11?,13-/m1/s1. The van der Waals surface area contributed by atoms with Crippen molar-refractivity contribution in [3.05, 3.63) is 32.6 Å². The molecule has 0 spiro atoms. The summed E-state index contributed by atoms with van der Waals surface area (Å²) in [6, 6.07) is 0. The van der Waals surface area contributed by atoms with E-state index in [2.05, 4.69) is 9.88 Å². The zero-order valence-electron chi connectivity index (χ0n) is 12.6. The number of aromatic amines is 1. The third-order valence-electron chi connectivity index (χ3n) is 4.43. The van der Waals surface area contributed by atoms with Crippen molar-refractivity contribution in [2.75, 3.05) is 19.7 Å². The molecule has 0 aliphatic carbocycles. The van der Waals surface area contributed by atoms with Gasteiger partial charge in [-0.3, -0.25) is 19.2 Å². The van der Waals surface area contributed by atoms with Crippen LogP contribution < -0.4 is 11.2 Å². The Morgan fingerprint density at radius 2 is 1.91 bits per heavy atom. The average Bonchev–Trinajstić information content (AvgIpc) is 3.12. The Bertz CT molecular complexity index is 665. The molecule has 1 aromatic rings. The molecule has 2 fully saturated rings. The first-order valence-electron chi connectivity index (χ1n) is 7.70. The highest BCUT2D eigenvalue weighted by molar-refractivity contribution is 5.06. The highest BCUT2D eigenvalue weighted by Crippen LogP contribution is 2.28. The van der Waals surface area contributed by atoms with Gasteiger partial charge in [-0.05, 0) is 25.9 Å². The minimum atomic E-state index is -1.37. The first-order chi connectivity index (χ1) is 11.0. The number of nitrogens with zero attached hydrogens (tertiary/aromatic N) is 2. The van der Waals surface area contributed by atoms with Crippen LogP contribution in [0.25, 0.3) is 0 Å². The maximum atomic E-state index is 12.0. The second kappa shape index (κ2) is 6.54. The van der Waals surface area contributed by atoms with Gasteiger partial charge in [-0.25, -0.2) is 4.79 Å². The lowest BCUT2D eigenvalue weighted by Gasteiger charge is -2.19. The van der Waals surface area contributed by atoms with Crippen LogP contribution in [0, 0.1) is 0 Å². The summed E-state index contributed by atoms with van der Waals surface area (Å²) in [7, 11) is 0. The normalized spacial score (nSPS) is 31.8. The van der Waals surface area contributed by atoms with E-state index in [0.29, 0.717) is 12.1 Å². The van der Waals surface area contributed by atoms with Crippen molar-refractivity contribution in [2.24, 2.45) is 0 Å². The van der Waals surface area contributed by atoms with Crippen molar-refractivity contribution in [2.45, 2.75) is 43.9 Å². The molecular formula is C14H21N3O6. The largest absolute Gasteiger partial charge is 0.394 e. The molecule has 0 amide bonds. The fraction of sp³-hybridized carbons (Fsp3) is 0.714. The van der Waals surface area contributed by atoms with Gasteiger partial charge in [-0.15, -0.1) is 0 Å². The quantitative estimate of drug-likeness (QED) is 0.491. The van der Waals surface area contributed by atoms with E-state index in [1.807, 2.05) is 0 Å². The summed E-state index contributed by atoms with van der Waals surface area (Å²) in [5.74, 6) is 0. The Morgan fingerprint density at radius 3 is 2.52 bits per heavy atom. The zero-order valence-corrected chi connectivity index (χ0v) is 12.6. The highest BCUT2D eigenvalue weighted by Gasteiger charge is 2.43. The van der Waals surface area contributed by atoms with E-state index in [1.165, 1.54) is 6.20 Å². The van der Waals surface area contributed by atoms with Gasteiger partial charge in [-0.2, -0.15) is 0 Å². The molecule has 3 heterocycles. The number of aliphatic hydroxyl groups excluding tert-OH is 3. The Morgan fingerprint density at radius 1 is 1.22 bits per heavy atom. The third-order valence-corrected chi connectivity index (χ3v) is 4.43. The summed E-state index contributed by atoms with van der Waals surface area (Å²) in [5.41, 5.74) is -0.802. The number of rotatable bonds is 4. The summed E-state index contributed by atoms with van der Waals surface area (Å²) in [6.07, 6.45) is -1.28. The van der Waals surface area contributed by atoms with Crippen LogP contribution >= 0.6 is 0 Å². The zero-order chi connectivity index (χ0) is 16.6. The minimum Gasteiger partial charge on any atom is -0.394 e. The second-order valence-corrected chi connectivity index (χ2v) is 6.03. The number of aromatic nitrogens is 2. The van der Waals surface area contributed by atoms with Crippen LogP contribution in [0.15, 0.2) is 15.8 Å². The lowest BCUT2D eigenvalue weighted by molar-refractivity contribution is -0.0551. The van der Waals surface area contributed by atoms with Crippen LogP contribution in [0.1, 0.15) is 24.6 Å². The molecule has 2 saturated heterocycles. The van der Waals surface area contributed by atoms with Gasteiger partial charge in [0, 0.05) is 18.3 Å². The lowest BCUT2D eigenvalue weighted by Crippen LogP contribution is -2.39. The topological polar surface area (TPSA) is 128 Å². The second-order valence-electron chi connectivity index (χ2n) is 6.03. The highest BCUT2D eigenvalue weighted by atomic mass is 16.6. The Kier molecular flexibility index (Phi) is 4.64. The van der Waals surface area contributed by atoms with E-state index in [-0.39, 0.29) is 0 Å². The van der Waals surface area contributed by atoms with Crippen LogP contribution in [0.2, 0.25) is 0 Å². The van der Waals surface area contributed by atoms with Crippen molar-refractivity contribution in [1.29, 1.82) is 0 Å². The molecule has 2 aliphatic heterocycles. The number of hydrogen-bond acceptors (Lipinski definition) is 7. The average molecular weight is 327 g/mol. The molecule has 0 aromatic carbocycles. The number of nitrogens with one attached hydrogen (secondary N) is 1. The third kappa shape index (κ3) is 3.10. The molecule has 4 atom stereocenters. The summed E-state index contributed by atoms with van der Waals surface area (Å²) < 4.78 is 6.41. The molecule has 0 saturated carbocycles. The van der Waals surface area contributed by atoms with Crippen molar-refractivity contribution >= 4 is 0 Å². The van der Waals surface area contributed by atoms with Gasteiger partial charge in [0.25, 0.3) is 5.56 Å². The molecule has 4 N–H and O–H groups in total. The number of aliphatic hydroxyl groups is 3. The fourth-order valence-electron chi connectivity index (χ4n) is 3.12. The molecular weight excluding hydrogens is 306 g/mol. The van der Waals surface area contributed by atoms with Gasteiger partial charge in [-0.1, -0.05) is 0 Å². The molecule has 23 heavy (non-hydrogen) atoms. The lowest BCUT2D eigenvalue weighted by atomic mass is 10.1. The maximum absolute atomic E-state index is 12.0. The molecule has 9 nitrogen and oxygen atoms in total. The van der Waals surface area contributed by atoms with Crippen LogP contribution in [0.5, 0.6) is 0 Å². The Labute approximate surface area is 131 Å². The van der Waals surface area contributed by atoms with Crippen molar-refractivity contribution < 1.29 is 20.1 Å². The summed E-state index contributed by atoms with van der Waals surface area (Å²) in [6.45, 7) is 1.72. The van der Waals surface area contributed by atoms with Crippen molar-refractivity contribution in [1.82, 2.24) is 14.5 Å². The van der Waals surface area contributed by atoms with Crippen LogP contribution in [-0.4, -0.2) is 67.8 Å². The molecule has 3 rings (SSSR count). The van der Waals surface area contributed by atoms with Crippen LogP contribution in [-0.2, 0) is 11.3 Å². The summed E-state index contributed by atoms with van der Waals surface area (Å²) in [4.78, 5) is 28.3. The summed E-state index contributed by atoms with van der Waals surface area (Å²) >= 11 is 0. The maximum Gasteiger partial charge on any atom is 0.330 e. The van der Waals surface area contributed by atoms with Crippen LogP contribution in [0.3, 0.4) is 0 Å². The summed E-state index contributed by atoms with van der Waals surface area (Å²) in [5, 5.41) is 29.0. The Hall–Kier alpha value is -1.52. The van der Waals surface area contributed by atoms with Gasteiger partial charge in [0.1, 0.15) is 18.3 Å². The molecule has 9 heteroatoms. The monoisotopic (exact) mass is 327 g/mol. The smallest absolute Gasteiger partial charge is 0.330 e. The van der Waals surface area contributed by atoms with Crippen molar-refractivity contribution in [3.63, 3.8) is 0 Å². The van der Waals surface area contributed by atoms with Crippen LogP contribution in [0.4, 0.5) is 0 Å². The number of H-pyrrole nitrogens is 1. The van der Waals surface area contributed by atoms with E-state index in [4.69, 9.17) is 9.84 Å². The SMILES string of the molecule is O=c1[nH]c(=O)n([C@@H]2O[C@H](CO)[C@H](O)C2O)cc1CN1CCCC1. The molecule has 0 bridgehead atoms. The molecule has 2 aliphatic rings. The fourth-order valence-corrected chi connectivity index (χ4v) is 3.12. The van der Waals surface area contributed by atoms with E-state index >= 15 is 0 Å². The molecule has 128 valence electrons. The number of ether oxygens (including phenoxy) is 1. The van der Waals surface area contributed by atoms with Gasteiger partial charge in [0.05, 0.1) is 6.61 Å². The minimum absolute atomic E-state index is 0.393. The first kappa shape index (κ1) is 16.3. The van der Waals surface area contributed by atoms with E-state index in [9.17, 15) is 19.8 Å². The van der Waals surface area contributed by atoms with Gasteiger partial charge < -0.3 is 20.1 Å². The molecule has 0 radical (unpaired) electrons. The van der Waals surface area contributed by atoms with E-state index < -0.39 is 42.4 Å². The predicted octanol–water partition coefficient (Wildman–Crippen LogP) is -2.26. The number of hydrogen-bond donors (Lipinski definition) is 4. The first-order valence-corrected chi connectivity index (χ1v) is 7.70.